The molecule has 0 aliphatic carbocycles. The lowest BCUT2D eigenvalue weighted by atomic mass is 10.1. The summed E-state index contributed by atoms with van der Waals surface area (Å²) in [6.07, 6.45) is 2.08. The Labute approximate surface area is 175 Å². The Bertz CT molecular complexity index is 1140. The Morgan fingerprint density at radius 2 is 1.69 bits per heavy atom. The predicted octanol–water partition coefficient (Wildman–Crippen LogP) is 4.69. The van der Waals surface area contributed by atoms with Gasteiger partial charge in [0.2, 0.25) is 18.2 Å². The van der Waals surface area contributed by atoms with Gasteiger partial charge < -0.3 is 4.74 Å². The molecule has 1 aromatic heterocycles. The molecule has 7 nitrogen and oxygen atoms in total. The smallest absolute Gasteiger partial charge is 0.240 e. The van der Waals surface area contributed by atoms with E-state index in [0.29, 0.717) is 33.4 Å². The van der Waals surface area contributed by atoms with Crippen LogP contribution in [0.2, 0.25) is 0 Å². The van der Waals surface area contributed by atoms with E-state index in [0.717, 1.165) is 11.1 Å². The maximum absolute atomic E-state index is 11.7. The average Bonchev–Trinajstić information content (AvgIpc) is 2.73. The summed E-state index contributed by atoms with van der Waals surface area (Å²) in [6.45, 7) is 3.68. The summed E-state index contributed by atoms with van der Waals surface area (Å²) >= 11 is 3.37. The van der Waals surface area contributed by atoms with Gasteiger partial charge in [0.05, 0.1) is 39.6 Å². The number of nitriles is 2. The largest absolute Gasteiger partial charge is 0.437 e. The fraction of sp³-hybridized carbons (Fsp3) is 0.0952. The van der Waals surface area contributed by atoms with Crippen LogP contribution in [0.3, 0.4) is 0 Å². The van der Waals surface area contributed by atoms with Gasteiger partial charge in [-0.25, -0.2) is 4.98 Å². The number of anilines is 2. The molecule has 0 aliphatic heterocycles. The molecule has 2 aromatic carbocycles. The number of carbonyl (C=O) groups excluding carboxylic acids is 1. The van der Waals surface area contributed by atoms with Crippen LogP contribution in [0.25, 0.3) is 0 Å². The van der Waals surface area contributed by atoms with Crippen LogP contribution in [0.15, 0.2) is 47.1 Å². The number of halogens is 1. The van der Waals surface area contributed by atoms with E-state index in [1.807, 2.05) is 19.9 Å². The average molecular weight is 448 g/mol. The van der Waals surface area contributed by atoms with Crippen molar-refractivity contribution in [3.8, 4) is 23.8 Å². The Kier molecular flexibility index (Phi) is 5.87. The third-order valence-electron chi connectivity index (χ3n) is 4.08. The Morgan fingerprint density at radius 1 is 1.07 bits per heavy atom. The van der Waals surface area contributed by atoms with Crippen LogP contribution < -0.4 is 9.64 Å². The molecule has 0 unspecified atom stereocenters. The van der Waals surface area contributed by atoms with Crippen LogP contribution in [0.4, 0.5) is 11.6 Å². The van der Waals surface area contributed by atoms with Crippen LogP contribution in [-0.2, 0) is 4.79 Å². The molecule has 0 N–H and O–H groups in total. The molecule has 1 amide bonds. The summed E-state index contributed by atoms with van der Waals surface area (Å²) < 4.78 is 6.49. The number of rotatable bonds is 5. The third kappa shape index (κ3) is 4.23. The van der Waals surface area contributed by atoms with Crippen molar-refractivity contribution in [1.29, 1.82) is 10.5 Å². The maximum Gasteiger partial charge on any atom is 0.240 e. The van der Waals surface area contributed by atoms with Crippen LogP contribution >= 0.6 is 15.9 Å². The highest BCUT2D eigenvalue weighted by molar-refractivity contribution is 9.10. The van der Waals surface area contributed by atoms with E-state index >= 15 is 0 Å². The first-order chi connectivity index (χ1) is 14.0. The second-order valence-corrected chi connectivity index (χ2v) is 6.96. The number of amides is 1. The lowest BCUT2D eigenvalue weighted by Gasteiger charge is -2.17. The fourth-order valence-corrected chi connectivity index (χ4v) is 2.99. The van der Waals surface area contributed by atoms with Crippen molar-refractivity contribution in [3.63, 3.8) is 0 Å². The molecule has 1 heterocycles. The van der Waals surface area contributed by atoms with Gasteiger partial charge in [0.15, 0.2) is 0 Å². The van der Waals surface area contributed by atoms with Crippen molar-refractivity contribution in [3.05, 3.63) is 69.3 Å². The number of hydrogen-bond donors (Lipinski definition) is 0. The van der Waals surface area contributed by atoms with E-state index in [4.69, 9.17) is 15.3 Å². The molecule has 0 atom stereocenters. The molecular formula is C21H14BrN5O2. The van der Waals surface area contributed by atoms with Crippen LogP contribution in [0.1, 0.15) is 22.3 Å². The minimum Gasteiger partial charge on any atom is -0.437 e. The van der Waals surface area contributed by atoms with Gasteiger partial charge in [0, 0.05) is 0 Å². The van der Waals surface area contributed by atoms with Crippen LogP contribution in [0.5, 0.6) is 11.6 Å². The van der Waals surface area contributed by atoms with E-state index in [1.54, 1.807) is 36.4 Å². The van der Waals surface area contributed by atoms with Gasteiger partial charge in [-0.15, -0.1) is 0 Å². The monoisotopic (exact) mass is 447 g/mol. The van der Waals surface area contributed by atoms with Gasteiger partial charge in [-0.1, -0.05) is 0 Å². The quantitative estimate of drug-likeness (QED) is 0.525. The zero-order chi connectivity index (χ0) is 21.0. The zero-order valence-corrected chi connectivity index (χ0v) is 17.1. The summed E-state index contributed by atoms with van der Waals surface area (Å²) in [5.74, 6) is 0.920. The molecule has 8 heteroatoms. The number of aryl methyl sites for hydroxylation is 2. The summed E-state index contributed by atoms with van der Waals surface area (Å²) in [6, 6.07) is 14.1. The second-order valence-electron chi connectivity index (χ2n) is 6.11. The normalized spacial score (nSPS) is 9.97. The van der Waals surface area contributed by atoms with E-state index in [-0.39, 0.29) is 11.8 Å². The predicted molar refractivity (Wildman–Crippen MR) is 110 cm³/mol. The topological polar surface area (TPSA) is 103 Å². The first kappa shape index (κ1) is 20.0. The van der Waals surface area contributed by atoms with Crippen molar-refractivity contribution in [2.75, 3.05) is 4.90 Å². The number of nitrogens with zero attached hydrogens (tertiary/aromatic N) is 5. The molecule has 0 saturated carbocycles. The molecular weight excluding hydrogens is 434 g/mol. The number of benzene rings is 2. The van der Waals surface area contributed by atoms with Gasteiger partial charge in [-0.05, 0) is 77.3 Å². The number of aromatic nitrogens is 2. The number of ether oxygens (including phenoxy) is 1. The fourth-order valence-electron chi connectivity index (χ4n) is 2.72. The van der Waals surface area contributed by atoms with Gasteiger partial charge in [-0.3, -0.25) is 9.69 Å². The van der Waals surface area contributed by atoms with Crippen molar-refractivity contribution < 1.29 is 9.53 Å². The molecule has 0 bridgehead atoms. The summed E-state index contributed by atoms with van der Waals surface area (Å²) in [5, 5.41) is 18.0. The van der Waals surface area contributed by atoms with Crippen molar-refractivity contribution >= 4 is 34.0 Å². The Morgan fingerprint density at radius 3 is 2.24 bits per heavy atom. The second kappa shape index (κ2) is 8.51. The van der Waals surface area contributed by atoms with Crippen molar-refractivity contribution in [1.82, 2.24) is 9.97 Å². The summed E-state index contributed by atoms with van der Waals surface area (Å²) in [7, 11) is 0. The van der Waals surface area contributed by atoms with E-state index in [1.165, 1.54) is 11.1 Å². The highest BCUT2D eigenvalue weighted by Crippen LogP contribution is 2.34. The van der Waals surface area contributed by atoms with Crippen LogP contribution in [0, 0.1) is 36.5 Å². The van der Waals surface area contributed by atoms with Crippen molar-refractivity contribution in [2.45, 2.75) is 13.8 Å². The third-order valence-corrected chi connectivity index (χ3v) is 4.63. The lowest BCUT2D eigenvalue weighted by molar-refractivity contribution is -0.106. The first-order valence-corrected chi connectivity index (χ1v) is 9.22. The summed E-state index contributed by atoms with van der Waals surface area (Å²) in [4.78, 5) is 21.5. The van der Waals surface area contributed by atoms with Crippen LogP contribution in [-0.4, -0.2) is 16.4 Å². The minimum atomic E-state index is 0.117. The maximum atomic E-state index is 11.7. The number of hydrogen-bond acceptors (Lipinski definition) is 6. The van der Waals surface area contributed by atoms with E-state index in [9.17, 15) is 4.79 Å². The Balaban J connectivity index is 1.99. The first-order valence-electron chi connectivity index (χ1n) is 8.43. The van der Waals surface area contributed by atoms with Gasteiger partial charge in [-0.2, -0.15) is 15.5 Å². The van der Waals surface area contributed by atoms with Crippen molar-refractivity contribution in [2.24, 2.45) is 0 Å². The number of carbonyl (C=O) groups is 1. The Hall–Kier alpha value is -3.75. The molecule has 3 rings (SSSR count). The molecule has 0 radical (unpaired) electrons. The SMILES string of the molecule is Cc1cc(C#N)cc(C)c1Oc1nc(N(C=O)c2ccc(C#N)cc2)ncc1Br. The standard InChI is InChI=1S/C21H14BrN5O2/c1-13-7-16(10-24)8-14(2)19(13)29-20-18(22)11-25-21(26-20)27(12-28)17-5-3-15(9-23)4-6-17/h3-8,11-12H,1-2H3. The minimum absolute atomic E-state index is 0.117. The van der Waals surface area contributed by atoms with E-state index < -0.39 is 0 Å². The van der Waals surface area contributed by atoms with Gasteiger partial charge in [0.25, 0.3) is 0 Å². The highest BCUT2D eigenvalue weighted by atomic mass is 79.9. The van der Waals surface area contributed by atoms with Gasteiger partial charge >= 0.3 is 0 Å². The molecule has 3 aromatic rings. The highest BCUT2D eigenvalue weighted by Gasteiger charge is 2.17. The molecule has 0 fully saturated rings. The molecule has 29 heavy (non-hydrogen) atoms. The molecule has 0 aliphatic rings. The molecule has 0 saturated heterocycles. The van der Waals surface area contributed by atoms with E-state index in [2.05, 4.69) is 32.0 Å². The molecule has 142 valence electrons. The summed E-state index contributed by atoms with van der Waals surface area (Å²) in [5.41, 5.74) is 3.11. The zero-order valence-electron chi connectivity index (χ0n) is 15.5. The van der Waals surface area contributed by atoms with Gasteiger partial charge in [0.1, 0.15) is 5.75 Å². The molecule has 0 spiro atoms. The lowest BCUT2D eigenvalue weighted by Crippen LogP contribution is -2.17.